The van der Waals surface area contributed by atoms with E-state index in [1.807, 2.05) is 25.1 Å². The van der Waals surface area contributed by atoms with E-state index < -0.39 is 11.8 Å². The summed E-state index contributed by atoms with van der Waals surface area (Å²) < 4.78 is 18.8. The molecule has 0 saturated heterocycles. The monoisotopic (exact) mass is 365 g/mol. The van der Waals surface area contributed by atoms with Gasteiger partial charge in [-0.3, -0.25) is 0 Å². The first kappa shape index (κ1) is 19.0. The van der Waals surface area contributed by atoms with Crippen molar-refractivity contribution in [2.24, 2.45) is 0 Å². The van der Waals surface area contributed by atoms with E-state index in [-0.39, 0.29) is 12.4 Å². The Morgan fingerprint density at radius 1 is 1.20 bits per heavy atom. The van der Waals surface area contributed by atoms with E-state index in [1.54, 1.807) is 0 Å². The second-order valence-electron chi connectivity index (χ2n) is 5.56. The van der Waals surface area contributed by atoms with Crippen LogP contribution in [0.3, 0.4) is 0 Å². The van der Waals surface area contributed by atoms with E-state index in [1.165, 1.54) is 29.3 Å². The van der Waals surface area contributed by atoms with E-state index in [0.717, 1.165) is 19.5 Å². The maximum absolute atomic E-state index is 13.4. The number of nitrogens with one attached hydrogen (secondary N) is 3. The number of amides is 2. The molecule has 3 rings (SSSR count). The minimum absolute atomic E-state index is 0. The zero-order valence-corrected chi connectivity index (χ0v) is 14.7. The van der Waals surface area contributed by atoms with Gasteiger partial charge in [0, 0.05) is 18.3 Å². The Kier molecular flexibility index (Phi) is 6.61. The van der Waals surface area contributed by atoms with Crippen LogP contribution in [0.5, 0.6) is 5.75 Å². The van der Waals surface area contributed by atoms with Crippen LogP contribution in [-0.4, -0.2) is 19.2 Å². The van der Waals surface area contributed by atoms with Crippen LogP contribution in [0, 0.1) is 5.82 Å². The molecule has 1 aliphatic rings. The normalized spacial score (nSPS) is 12.6. The fourth-order valence-electron chi connectivity index (χ4n) is 2.72. The molecule has 25 heavy (non-hydrogen) atoms. The lowest BCUT2D eigenvalue weighted by Gasteiger charge is -2.18. The van der Waals surface area contributed by atoms with Gasteiger partial charge in [-0.2, -0.15) is 0 Å². The Bertz CT molecular complexity index is 755. The average Bonchev–Trinajstić information content (AvgIpc) is 2.57. The second-order valence-corrected chi connectivity index (χ2v) is 5.56. The summed E-state index contributed by atoms with van der Waals surface area (Å²) in [5.41, 5.74) is 3.49. The van der Waals surface area contributed by atoms with Crippen molar-refractivity contribution in [3.8, 4) is 5.75 Å². The minimum Gasteiger partial charge on any atom is -0.492 e. The van der Waals surface area contributed by atoms with Crippen molar-refractivity contribution in [1.82, 2.24) is 5.32 Å². The first-order valence-corrected chi connectivity index (χ1v) is 7.98. The summed E-state index contributed by atoms with van der Waals surface area (Å²) in [6, 6.07) is 9.45. The fraction of sp³-hybridized carbons (Fsp3) is 0.278. The SMILES string of the molecule is CCOc1ccc(F)cc1NC(=O)Nc1ccc2c(c1)CCNC2.Cl. The quantitative estimate of drug-likeness (QED) is 0.769. The largest absolute Gasteiger partial charge is 0.492 e. The number of halogens is 2. The third kappa shape index (κ3) is 4.84. The molecule has 2 aromatic rings. The van der Waals surface area contributed by atoms with Crippen molar-refractivity contribution in [2.75, 3.05) is 23.8 Å². The van der Waals surface area contributed by atoms with Gasteiger partial charge in [0.2, 0.25) is 0 Å². The highest BCUT2D eigenvalue weighted by Crippen LogP contribution is 2.26. The number of fused-ring (bicyclic) bond motifs is 1. The Morgan fingerprint density at radius 2 is 2.04 bits per heavy atom. The molecule has 3 N–H and O–H groups in total. The second kappa shape index (κ2) is 8.69. The number of hydrogen-bond donors (Lipinski definition) is 3. The molecule has 5 nitrogen and oxygen atoms in total. The van der Waals surface area contributed by atoms with Crippen molar-refractivity contribution >= 4 is 29.8 Å². The van der Waals surface area contributed by atoms with Crippen LogP contribution in [0.4, 0.5) is 20.6 Å². The molecule has 1 aliphatic heterocycles. The highest BCUT2D eigenvalue weighted by atomic mass is 35.5. The van der Waals surface area contributed by atoms with Crippen molar-refractivity contribution in [3.05, 3.63) is 53.3 Å². The molecule has 2 aromatic carbocycles. The molecule has 0 spiro atoms. The maximum Gasteiger partial charge on any atom is 0.323 e. The van der Waals surface area contributed by atoms with E-state index in [9.17, 15) is 9.18 Å². The molecule has 134 valence electrons. The standard InChI is InChI=1S/C18H20FN3O2.ClH/c1-2-24-17-6-4-14(19)10-16(17)22-18(23)21-15-5-3-13-11-20-8-7-12(13)9-15;/h3-6,9-10,20H,2,7-8,11H2,1H3,(H2,21,22,23);1H. The molecule has 0 atom stereocenters. The van der Waals surface area contributed by atoms with Crippen molar-refractivity contribution in [1.29, 1.82) is 0 Å². The van der Waals surface area contributed by atoms with Crippen LogP contribution in [-0.2, 0) is 13.0 Å². The number of carbonyl (C=O) groups excluding carboxylic acids is 1. The van der Waals surface area contributed by atoms with Gasteiger partial charge in [0.25, 0.3) is 0 Å². The molecule has 0 saturated carbocycles. The van der Waals surface area contributed by atoms with Crippen LogP contribution >= 0.6 is 12.4 Å². The van der Waals surface area contributed by atoms with Gasteiger partial charge in [-0.05, 0) is 55.3 Å². The topological polar surface area (TPSA) is 62.4 Å². The predicted octanol–water partition coefficient (Wildman–Crippen LogP) is 3.94. The van der Waals surface area contributed by atoms with E-state index in [4.69, 9.17) is 4.74 Å². The molecule has 0 radical (unpaired) electrons. The summed E-state index contributed by atoms with van der Waals surface area (Å²) in [4.78, 5) is 12.2. The Balaban J connectivity index is 0.00000225. The molecule has 0 aliphatic carbocycles. The highest BCUT2D eigenvalue weighted by Gasteiger charge is 2.12. The van der Waals surface area contributed by atoms with Crippen LogP contribution < -0.4 is 20.7 Å². The molecule has 0 fully saturated rings. The van der Waals surface area contributed by atoms with Crippen molar-refractivity contribution < 1.29 is 13.9 Å². The van der Waals surface area contributed by atoms with E-state index in [2.05, 4.69) is 16.0 Å². The lowest BCUT2D eigenvalue weighted by Crippen LogP contribution is -2.24. The number of rotatable bonds is 4. The van der Waals surface area contributed by atoms with Crippen LogP contribution in [0.15, 0.2) is 36.4 Å². The predicted molar refractivity (Wildman–Crippen MR) is 99.3 cm³/mol. The third-order valence-electron chi connectivity index (χ3n) is 3.84. The molecule has 2 amide bonds. The highest BCUT2D eigenvalue weighted by molar-refractivity contribution is 6.00. The summed E-state index contributed by atoms with van der Waals surface area (Å²) >= 11 is 0. The minimum atomic E-state index is -0.435. The number of carbonyl (C=O) groups is 1. The van der Waals surface area contributed by atoms with Crippen LogP contribution in [0.2, 0.25) is 0 Å². The van der Waals surface area contributed by atoms with Crippen molar-refractivity contribution in [2.45, 2.75) is 19.9 Å². The van der Waals surface area contributed by atoms with Gasteiger partial charge < -0.3 is 20.7 Å². The van der Waals surface area contributed by atoms with Gasteiger partial charge in [0.05, 0.1) is 12.3 Å². The van der Waals surface area contributed by atoms with E-state index >= 15 is 0 Å². The number of benzene rings is 2. The molecule has 1 heterocycles. The van der Waals surface area contributed by atoms with Gasteiger partial charge in [-0.1, -0.05) is 6.07 Å². The summed E-state index contributed by atoms with van der Waals surface area (Å²) in [6.07, 6.45) is 0.935. The Morgan fingerprint density at radius 3 is 2.84 bits per heavy atom. The number of anilines is 2. The van der Waals surface area contributed by atoms with Crippen molar-refractivity contribution in [3.63, 3.8) is 0 Å². The molecule has 0 unspecified atom stereocenters. The van der Waals surface area contributed by atoms with Gasteiger partial charge in [0.15, 0.2) is 0 Å². The van der Waals surface area contributed by atoms with Crippen LogP contribution in [0.1, 0.15) is 18.1 Å². The number of hydrogen-bond acceptors (Lipinski definition) is 3. The molecule has 0 aromatic heterocycles. The van der Waals surface area contributed by atoms with Crippen LogP contribution in [0.25, 0.3) is 0 Å². The van der Waals surface area contributed by atoms with E-state index in [0.29, 0.717) is 23.7 Å². The molecular formula is C18H21ClFN3O2. The molecule has 0 bridgehead atoms. The lowest BCUT2D eigenvalue weighted by molar-refractivity contribution is 0.262. The molecular weight excluding hydrogens is 345 g/mol. The summed E-state index contributed by atoms with van der Waals surface area (Å²) in [7, 11) is 0. The lowest BCUT2D eigenvalue weighted by atomic mass is 10.0. The number of urea groups is 1. The molecule has 7 heteroatoms. The Hall–Kier alpha value is -2.31. The Labute approximate surface area is 152 Å². The fourth-order valence-corrected chi connectivity index (χ4v) is 2.72. The average molecular weight is 366 g/mol. The van der Waals surface area contributed by atoms with Gasteiger partial charge >= 0.3 is 6.03 Å². The zero-order valence-electron chi connectivity index (χ0n) is 13.9. The smallest absolute Gasteiger partial charge is 0.323 e. The zero-order chi connectivity index (χ0) is 16.9. The van der Waals surface area contributed by atoms with Gasteiger partial charge in [-0.15, -0.1) is 12.4 Å². The number of ether oxygens (including phenoxy) is 1. The van der Waals surface area contributed by atoms with Gasteiger partial charge in [-0.25, -0.2) is 9.18 Å². The maximum atomic E-state index is 13.4. The third-order valence-corrected chi connectivity index (χ3v) is 3.84. The van der Waals surface area contributed by atoms with Gasteiger partial charge in [0.1, 0.15) is 11.6 Å². The summed E-state index contributed by atoms with van der Waals surface area (Å²) in [6.45, 7) is 4.04. The summed E-state index contributed by atoms with van der Waals surface area (Å²) in [5.74, 6) is 0.000555. The first-order valence-electron chi connectivity index (χ1n) is 7.98. The first-order chi connectivity index (χ1) is 11.7. The summed E-state index contributed by atoms with van der Waals surface area (Å²) in [5, 5.41) is 8.73.